The number of halogens is 2. The number of aromatic nitrogens is 1. The molecular weight excluding hydrogens is 333 g/mol. The van der Waals surface area contributed by atoms with Crippen LogP contribution in [-0.4, -0.2) is 10.4 Å². The van der Waals surface area contributed by atoms with E-state index in [-0.39, 0.29) is 5.78 Å². The highest BCUT2D eigenvalue weighted by molar-refractivity contribution is 9.10. The monoisotopic (exact) mass is 345 g/mol. The summed E-state index contributed by atoms with van der Waals surface area (Å²) in [5.41, 5.74) is 3.08. The van der Waals surface area contributed by atoms with Gasteiger partial charge in [0.15, 0.2) is 5.78 Å². The van der Waals surface area contributed by atoms with Crippen LogP contribution in [0.1, 0.15) is 21.5 Å². The van der Waals surface area contributed by atoms with Gasteiger partial charge in [0.05, 0.1) is 4.47 Å². The van der Waals surface area contributed by atoms with E-state index in [2.05, 4.69) is 15.9 Å². The smallest absolute Gasteiger partial charge is 0.195 e. The van der Waals surface area contributed by atoms with Crippen LogP contribution in [0.5, 0.6) is 0 Å². The summed E-state index contributed by atoms with van der Waals surface area (Å²) in [6.07, 6.45) is 1.80. The van der Waals surface area contributed by atoms with Gasteiger partial charge in [0.25, 0.3) is 0 Å². The van der Waals surface area contributed by atoms with Crippen LogP contribution >= 0.6 is 15.9 Å². The summed E-state index contributed by atoms with van der Waals surface area (Å²) < 4.78 is 15.9. The maximum Gasteiger partial charge on any atom is 0.195 e. The highest BCUT2D eigenvalue weighted by atomic mass is 79.9. The molecule has 0 spiro atoms. The molecule has 2 nitrogen and oxygen atoms in total. The maximum absolute atomic E-state index is 13.6. The van der Waals surface area contributed by atoms with Crippen LogP contribution in [0.3, 0.4) is 0 Å². The Labute approximate surface area is 130 Å². The lowest BCUT2D eigenvalue weighted by atomic mass is 10.0. The molecule has 0 unspecified atom stereocenters. The molecule has 0 fully saturated rings. The summed E-state index contributed by atoms with van der Waals surface area (Å²) in [5.74, 6) is -0.604. The molecule has 0 saturated carbocycles. The lowest BCUT2D eigenvalue weighted by molar-refractivity contribution is 0.103. The van der Waals surface area contributed by atoms with Crippen LogP contribution in [0, 0.1) is 12.7 Å². The van der Waals surface area contributed by atoms with Gasteiger partial charge in [0.2, 0.25) is 0 Å². The SMILES string of the molecule is Cc1ccc2c(C(=O)c3ccc(Br)c(F)c3)cn(C)c2c1. The number of carbonyl (C=O) groups excluding carboxylic acids is 1. The first kappa shape index (κ1) is 14.0. The third-order valence-corrected chi connectivity index (χ3v) is 4.22. The predicted molar refractivity (Wildman–Crippen MR) is 85.2 cm³/mol. The molecule has 0 aliphatic carbocycles. The molecule has 0 atom stereocenters. The van der Waals surface area contributed by atoms with Crippen LogP contribution in [-0.2, 0) is 7.05 Å². The Kier molecular flexibility index (Phi) is 3.41. The van der Waals surface area contributed by atoms with Crippen molar-refractivity contribution in [1.29, 1.82) is 0 Å². The zero-order chi connectivity index (χ0) is 15.1. The summed E-state index contributed by atoms with van der Waals surface area (Å²) in [6.45, 7) is 2.01. The average Bonchev–Trinajstić information content (AvgIpc) is 2.78. The molecule has 0 saturated heterocycles. The second-order valence-corrected chi connectivity index (χ2v) is 5.99. The first-order valence-electron chi connectivity index (χ1n) is 6.53. The lowest BCUT2D eigenvalue weighted by Crippen LogP contribution is -2.01. The average molecular weight is 346 g/mol. The van der Waals surface area contributed by atoms with Crippen molar-refractivity contribution < 1.29 is 9.18 Å². The molecule has 1 heterocycles. The van der Waals surface area contributed by atoms with Crippen molar-refractivity contribution in [3.05, 3.63) is 69.6 Å². The van der Waals surface area contributed by atoms with Gasteiger partial charge in [-0.05, 0) is 52.7 Å². The van der Waals surface area contributed by atoms with Gasteiger partial charge in [0, 0.05) is 35.3 Å². The van der Waals surface area contributed by atoms with Crippen molar-refractivity contribution in [3.63, 3.8) is 0 Å². The molecule has 4 heteroatoms. The van der Waals surface area contributed by atoms with Gasteiger partial charge in [-0.3, -0.25) is 4.79 Å². The molecule has 1 aromatic heterocycles. The second-order valence-electron chi connectivity index (χ2n) is 5.13. The normalized spacial score (nSPS) is 11.0. The number of ketones is 1. The van der Waals surface area contributed by atoms with E-state index in [4.69, 9.17) is 0 Å². The van der Waals surface area contributed by atoms with Crippen molar-refractivity contribution in [1.82, 2.24) is 4.57 Å². The molecule has 0 radical (unpaired) electrons. The zero-order valence-corrected chi connectivity index (χ0v) is 13.2. The Morgan fingerprint density at radius 1 is 1.19 bits per heavy atom. The van der Waals surface area contributed by atoms with E-state index in [1.165, 1.54) is 6.07 Å². The van der Waals surface area contributed by atoms with Gasteiger partial charge in [-0.25, -0.2) is 4.39 Å². The number of aryl methyl sites for hydroxylation is 2. The molecule has 106 valence electrons. The zero-order valence-electron chi connectivity index (χ0n) is 11.7. The molecule has 0 amide bonds. The van der Waals surface area contributed by atoms with Gasteiger partial charge in [-0.1, -0.05) is 12.1 Å². The lowest BCUT2D eigenvalue weighted by Gasteiger charge is -2.02. The van der Waals surface area contributed by atoms with E-state index in [9.17, 15) is 9.18 Å². The number of fused-ring (bicyclic) bond motifs is 1. The van der Waals surface area contributed by atoms with E-state index < -0.39 is 5.82 Å². The number of carbonyl (C=O) groups is 1. The summed E-state index contributed by atoms with van der Waals surface area (Å²) in [5, 5.41) is 0.886. The highest BCUT2D eigenvalue weighted by Crippen LogP contribution is 2.25. The summed E-state index contributed by atoms with van der Waals surface area (Å²) >= 11 is 3.10. The Balaban J connectivity index is 2.15. The number of rotatable bonds is 2. The first-order valence-corrected chi connectivity index (χ1v) is 7.32. The number of hydrogen-bond acceptors (Lipinski definition) is 1. The fraction of sp³-hybridized carbons (Fsp3) is 0.118. The third-order valence-electron chi connectivity index (χ3n) is 3.57. The van der Waals surface area contributed by atoms with Gasteiger partial charge in [0.1, 0.15) is 5.82 Å². The topological polar surface area (TPSA) is 22.0 Å². The van der Waals surface area contributed by atoms with E-state index in [0.717, 1.165) is 16.5 Å². The fourth-order valence-corrected chi connectivity index (χ4v) is 2.71. The first-order chi connectivity index (χ1) is 9.97. The number of nitrogens with zero attached hydrogens (tertiary/aromatic N) is 1. The molecule has 0 aliphatic heterocycles. The highest BCUT2D eigenvalue weighted by Gasteiger charge is 2.17. The largest absolute Gasteiger partial charge is 0.350 e. The van der Waals surface area contributed by atoms with Crippen molar-refractivity contribution in [3.8, 4) is 0 Å². The van der Waals surface area contributed by atoms with Crippen LogP contribution in [0.25, 0.3) is 10.9 Å². The predicted octanol–water partition coefficient (Wildman–Crippen LogP) is 4.62. The Morgan fingerprint density at radius 2 is 1.95 bits per heavy atom. The minimum atomic E-state index is -0.433. The molecular formula is C17H13BrFNO. The second kappa shape index (κ2) is 5.11. The summed E-state index contributed by atoms with van der Waals surface area (Å²) in [4.78, 5) is 12.6. The van der Waals surface area contributed by atoms with Gasteiger partial charge in [-0.15, -0.1) is 0 Å². The van der Waals surface area contributed by atoms with Crippen LogP contribution < -0.4 is 0 Å². The molecule has 3 aromatic rings. The molecule has 0 N–H and O–H groups in total. The third kappa shape index (κ3) is 2.40. The van der Waals surface area contributed by atoms with Crippen molar-refractivity contribution >= 4 is 32.6 Å². The van der Waals surface area contributed by atoms with Gasteiger partial charge in [-0.2, -0.15) is 0 Å². The van der Waals surface area contributed by atoms with Crippen molar-refractivity contribution in [2.75, 3.05) is 0 Å². The molecule has 21 heavy (non-hydrogen) atoms. The van der Waals surface area contributed by atoms with E-state index >= 15 is 0 Å². The molecule has 0 bridgehead atoms. The minimum Gasteiger partial charge on any atom is -0.350 e. The Hall–Kier alpha value is -1.94. The Morgan fingerprint density at radius 3 is 2.67 bits per heavy atom. The summed E-state index contributed by atoms with van der Waals surface area (Å²) in [7, 11) is 1.90. The van der Waals surface area contributed by atoms with Crippen LogP contribution in [0.4, 0.5) is 4.39 Å². The minimum absolute atomic E-state index is 0.171. The van der Waals surface area contributed by atoms with Crippen LogP contribution in [0.2, 0.25) is 0 Å². The fourth-order valence-electron chi connectivity index (χ4n) is 2.47. The molecule has 2 aromatic carbocycles. The summed E-state index contributed by atoms with van der Waals surface area (Å²) in [6, 6.07) is 10.4. The van der Waals surface area contributed by atoms with Gasteiger partial charge < -0.3 is 4.57 Å². The number of benzene rings is 2. The van der Waals surface area contributed by atoms with Gasteiger partial charge >= 0.3 is 0 Å². The van der Waals surface area contributed by atoms with Crippen molar-refractivity contribution in [2.45, 2.75) is 6.92 Å². The molecule has 3 rings (SSSR count). The van der Waals surface area contributed by atoms with E-state index in [0.29, 0.717) is 15.6 Å². The maximum atomic E-state index is 13.6. The van der Waals surface area contributed by atoms with E-state index in [1.54, 1.807) is 18.3 Å². The number of hydrogen-bond donors (Lipinski definition) is 0. The quantitative estimate of drug-likeness (QED) is 0.621. The Bertz CT molecular complexity index is 867. The standard InChI is InChI=1S/C17H13BrFNO/c1-10-3-5-12-13(9-20(2)16(12)7-10)17(21)11-4-6-14(18)15(19)8-11/h3-9H,1-2H3. The van der Waals surface area contributed by atoms with Crippen LogP contribution in [0.15, 0.2) is 47.1 Å². The van der Waals surface area contributed by atoms with E-state index in [1.807, 2.05) is 36.7 Å². The van der Waals surface area contributed by atoms with Crippen molar-refractivity contribution in [2.24, 2.45) is 7.05 Å². The molecule has 0 aliphatic rings.